The molecule has 1 atom stereocenters. The van der Waals surface area contributed by atoms with Crippen LogP contribution in [0.1, 0.15) is 58.2 Å². The maximum Gasteiger partial charge on any atom is 0.410 e. The lowest BCUT2D eigenvalue weighted by Gasteiger charge is -2.29. The average molecular weight is 411 g/mol. The van der Waals surface area contributed by atoms with E-state index in [2.05, 4.69) is 21.7 Å². The van der Waals surface area contributed by atoms with Crippen LogP contribution < -0.4 is 0 Å². The number of ether oxygens (including phenoxy) is 2. The fourth-order valence-electron chi connectivity index (χ4n) is 3.83. The maximum atomic E-state index is 12.2. The van der Waals surface area contributed by atoms with Gasteiger partial charge in [0.1, 0.15) is 11.8 Å². The third kappa shape index (κ3) is 4.73. The van der Waals surface area contributed by atoms with E-state index in [0.29, 0.717) is 13.1 Å². The molecule has 2 aromatic rings. The number of amides is 1. The minimum atomic E-state index is -0.476. The molecule has 0 bridgehead atoms. The summed E-state index contributed by atoms with van der Waals surface area (Å²) in [5.41, 5.74) is 3.68. The summed E-state index contributed by atoms with van der Waals surface area (Å²) in [5.74, 6) is 0. The third-order valence-electron chi connectivity index (χ3n) is 5.39. The number of nitrogens with zero attached hydrogens (tertiary/aromatic N) is 4. The fourth-order valence-corrected chi connectivity index (χ4v) is 3.83. The molecule has 0 aliphatic carbocycles. The Labute approximate surface area is 177 Å². The third-order valence-corrected chi connectivity index (χ3v) is 5.39. The first-order valence-electron chi connectivity index (χ1n) is 10.7. The van der Waals surface area contributed by atoms with E-state index < -0.39 is 5.60 Å². The Morgan fingerprint density at radius 1 is 1.23 bits per heavy atom. The Balaban J connectivity index is 1.44. The van der Waals surface area contributed by atoms with Crippen molar-refractivity contribution < 1.29 is 14.3 Å². The van der Waals surface area contributed by atoms with Crippen LogP contribution in [-0.4, -0.2) is 50.8 Å². The molecule has 1 saturated heterocycles. The molecule has 2 aliphatic rings. The van der Waals surface area contributed by atoms with Crippen LogP contribution in [0.2, 0.25) is 0 Å². The van der Waals surface area contributed by atoms with Crippen LogP contribution in [0.25, 0.3) is 17.0 Å². The molecule has 4 rings (SSSR count). The summed E-state index contributed by atoms with van der Waals surface area (Å²) in [6, 6.07) is 4.13. The smallest absolute Gasteiger partial charge is 0.410 e. The fraction of sp³-hybridized carbons (Fsp3) is 0.522. The second kappa shape index (κ2) is 8.60. The van der Waals surface area contributed by atoms with Crippen LogP contribution in [0.3, 0.4) is 0 Å². The van der Waals surface area contributed by atoms with Gasteiger partial charge in [-0.3, -0.25) is 4.98 Å². The first-order valence-corrected chi connectivity index (χ1v) is 10.7. The van der Waals surface area contributed by atoms with E-state index >= 15 is 0 Å². The number of carbonyl (C=O) groups excluding carboxylic acids is 1. The van der Waals surface area contributed by atoms with Crippen molar-refractivity contribution in [2.24, 2.45) is 0 Å². The molecule has 1 amide bonds. The number of imidazole rings is 1. The lowest BCUT2D eigenvalue weighted by atomic mass is 10.0. The summed E-state index contributed by atoms with van der Waals surface area (Å²) < 4.78 is 13.5. The second-order valence-corrected chi connectivity index (χ2v) is 8.85. The molecule has 2 aliphatic heterocycles. The van der Waals surface area contributed by atoms with Crippen LogP contribution in [0.5, 0.6) is 0 Å². The SMILES string of the molecule is CC(C)(C)OC(=O)N1CC=C(c2ccc(-c3cncn3C3CCCCO3)nc2)CC1. The Bertz CT molecular complexity index is 905. The summed E-state index contributed by atoms with van der Waals surface area (Å²) in [6.07, 6.45) is 11.5. The minimum Gasteiger partial charge on any atom is -0.444 e. The highest BCUT2D eigenvalue weighted by Gasteiger charge is 2.24. The normalized spacial score (nSPS) is 20.0. The number of aromatic nitrogens is 3. The molecule has 0 aromatic carbocycles. The van der Waals surface area contributed by atoms with Gasteiger partial charge in [0.15, 0.2) is 0 Å². The first kappa shape index (κ1) is 20.6. The molecule has 0 radical (unpaired) electrons. The standard InChI is InChI=1S/C23H30N4O3/c1-23(2,3)30-22(28)26-11-9-17(10-12-26)18-7-8-19(25-14-18)20-15-24-16-27(20)21-6-4-5-13-29-21/h7-9,14-16,21H,4-6,10-13H2,1-3H3. The van der Waals surface area contributed by atoms with E-state index in [1.165, 1.54) is 12.0 Å². The molecule has 2 aromatic heterocycles. The highest BCUT2D eigenvalue weighted by Crippen LogP contribution is 2.29. The Kier molecular flexibility index (Phi) is 5.90. The number of rotatable bonds is 3. The predicted molar refractivity (Wildman–Crippen MR) is 115 cm³/mol. The van der Waals surface area contributed by atoms with Crippen LogP contribution in [0.4, 0.5) is 4.79 Å². The van der Waals surface area contributed by atoms with Crippen molar-refractivity contribution in [3.8, 4) is 11.4 Å². The van der Waals surface area contributed by atoms with E-state index in [9.17, 15) is 4.79 Å². The van der Waals surface area contributed by atoms with Crippen molar-refractivity contribution in [2.75, 3.05) is 19.7 Å². The predicted octanol–water partition coefficient (Wildman–Crippen LogP) is 4.67. The average Bonchev–Trinajstić information content (AvgIpc) is 3.23. The van der Waals surface area contributed by atoms with Gasteiger partial charge in [-0.1, -0.05) is 12.1 Å². The van der Waals surface area contributed by atoms with Crippen molar-refractivity contribution in [1.29, 1.82) is 0 Å². The quantitative estimate of drug-likeness (QED) is 0.736. The van der Waals surface area contributed by atoms with Gasteiger partial charge in [-0.25, -0.2) is 9.78 Å². The van der Waals surface area contributed by atoms with Crippen LogP contribution in [0, 0.1) is 0 Å². The Morgan fingerprint density at radius 2 is 2.10 bits per heavy atom. The molecule has 0 N–H and O–H groups in total. The van der Waals surface area contributed by atoms with Crippen molar-refractivity contribution in [1.82, 2.24) is 19.4 Å². The van der Waals surface area contributed by atoms with Gasteiger partial charge >= 0.3 is 6.09 Å². The Hall–Kier alpha value is -2.67. The van der Waals surface area contributed by atoms with Crippen molar-refractivity contribution in [3.05, 3.63) is 42.5 Å². The zero-order valence-corrected chi connectivity index (χ0v) is 18.0. The lowest BCUT2D eigenvalue weighted by Crippen LogP contribution is -2.39. The Morgan fingerprint density at radius 3 is 2.73 bits per heavy atom. The molecule has 7 heteroatoms. The largest absolute Gasteiger partial charge is 0.444 e. The second-order valence-electron chi connectivity index (χ2n) is 8.85. The zero-order valence-electron chi connectivity index (χ0n) is 18.0. The molecule has 1 fully saturated rings. The number of hydrogen-bond acceptors (Lipinski definition) is 5. The summed E-state index contributed by atoms with van der Waals surface area (Å²) in [4.78, 5) is 23.0. The molecule has 0 saturated carbocycles. The van der Waals surface area contributed by atoms with Crippen LogP contribution in [-0.2, 0) is 9.47 Å². The monoisotopic (exact) mass is 410 g/mol. The summed E-state index contributed by atoms with van der Waals surface area (Å²) >= 11 is 0. The molecule has 0 spiro atoms. The van der Waals surface area contributed by atoms with Gasteiger partial charge in [0.05, 0.1) is 23.9 Å². The summed E-state index contributed by atoms with van der Waals surface area (Å²) in [6.45, 7) is 7.65. The van der Waals surface area contributed by atoms with Crippen molar-refractivity contribution in [3.63, 3.8) is 0 Å². The lowest BCUT2D eigenvalue weighted by molar-refractivity contribution is -0.0310. The van der Waals surface area contributed by atoms with Crippen molar-refractivity contribution in [2.45, 2.75) is 58.3 Å². The highest BCUT2D eigenvalue weighted by atomic mass is 16.6. The van der Waals surface area contributed by atoms with Gasteiger partial charge in [0.2, 0.25) is 0 Å². The molecule has 30 heavy (non-hydrogen) atoms. The topological polar surface area (TPSA) is 69.5 Å². The highest BCUT2D eigenvalue weighted by molar-refractivity contribution is 5.73. The molecule has 1 unspecified atom stereocenters. The number of pyridine rings is 1. The summed E-state index contributed by atoms with van der Waals surface area (Å²) in [5, 5.41) is 0. The van der Waals surface area contributed by atoms with Gasteiger partial charge < -0.3 is 18.9 Å². The number of carbonyl (C=O) groups is 1. The summed E-state index contributed by atoms with van der Waals surface area (Å²) in [7, 11) is 0. The molecule has 4 heterocycles. The molecular formula is C23H30N4O3. The van der Waals surface area contributed by atoms with E-state index in [1.807, 2.05) is 45.6 Å². The van der Waals surface area contributed by atoms with E-state index in [-0.39, 0.29) is 12.3 Å². The minimum absolute atomic E-state index is 0.0395. The van der Waals surface area contributed by atoms with Gasteiger partial charge in [0.25, 0.3) is 0 Å². The van der Waals surface area contributed by atoms with Crippen LogP contribution >= 0.6 is 0 Å². The van der Waals surface area contributed by atoms with Crippen LogP contribution in [0.15, 0.2) is 36.9 Å². The first-order chi connectivity index (χ1) is 14.4. The van der Waals surface area contributed by atoms with E-state index in [1.54, 1.807) is 4.90 Å². The molecule has 160 valence electrons. The van der Waals surface area contributed by atoms with E-state index in [0.717, 1.165) is 42.8 Å². The molecule has 7 nitrogen and oxygen atoms in total. The maximum absolute atomic E-state index is 12.2. The van der Waals surface area contributed by atoms with Crippen molar-refractivity contribution >= 4 is 11.7 Å². The van der Waals surface area contributed by atoms with Gasteiger partial charge in [-0.2, -0.15) is 0 Å². The van der Waals surface area contributed by atoms with Gasteiger partial charge in [-0.05, 0) is 63.7 Å². The van der Waals surface area contributed by atoms with Gasteiger partial charge in [0, 0.05) is 25.9 Å². The molecular weight excluding hydrogens is 380 g/mol. The van der Waals surface area contributed by atoms with E-state index in [4.69, 9.17) is 14.5 Å². The zero-order chi connectivity index (χ0) is 21.1. The number of hydrogen-bond donors (Lipinski definition) is 0. The van der Waals surface area contributed by atoms with Gasteiger partial charge in [-0.15, -0.1) is 0 Å².